The molecule has 3 unspecified atom stereocenters. The van der Waals surface area contributed by atoms with E-state index >= 15 is 0 Å². The van der Waals surface area contributed by atoms with Crippen molar-refractivity contribution in [2.75, 3.05) is 39.3 Å². The van der Waals surface area contributed by atoms with E-state index in [4.69, 9.17) is 5.73 Å². The molecule has 3 heteroatoms. The Morgan fingerprint density at radius 1 is 1.16 bits per heavy atom. The summed E-state index contributed by atoms with van der Waals surface area (Å²) >= 11 is 0. The molecule has 0 saturated carbocycles. The molecule has 19 heavy (non-hydrogen) atoms. The predicted molar refractivity (Wildman–Crippen MR) is 77.2 cm³/mol. The van der Waals surface area contributed by atoms with Gasteiger partial charge in [0.25, 0.3) is 0 Å². The van der Waals surface area contributed by atoms with E-state index in [1.54, 1.807) is 0 Å². The fourth-order valence-corrected chi connectivity index (χ4v) is 4.54. The summed E-state index contributed by atoms with van der Waals surface area (Å²) in [4.78, 5) is 5.28. The summed E-state index contributed by atoms with van der Waals surface area (Å²) in [6, 6.07) is 9.35. The van der Waals surface area contributed by atoms with E-state index < -0.39 is 0 Å². The number of nitrogens with two attached hydrogens (primary N) is 1. The molecule has 4 aliphatic rings. The summed E-state index contributed by atoms with van der Waals surface area (Å²) in [6.45, 7) is 9.31. The van der Waals surface area contributed by atoms with Gasteiger partial charge >= 0.3 is 0 Å². The molecule has 102 valence electrons. The molecule has 2 N–H and O–H groups in total. The first-order chi connectivity index (χ1) is 9.17. The molecule has 4 heterocycles. The average Bonchev–Trinajstić information content (AvgIpc) is 2.64. The van der Waals surface area contributed by atoms with Gasteiger partial charge in [0.2, 0.25) is 0 Å². The Labute approximate surface area is 115 Å². The van der Waals surface area contributed by atoms with Crippen LogP contribution >= 0.6 is 0 Å². The van der Waals surface area contributed by atoms with Gasteiger partial charge in [0.05, 0.1) is 0 Å². The minimum atomic E-state index is 0.156. The Kier molecular flexibility index (Phi) is 2.53. The Balaban J connectivity index is 1.83. The van der Waals surface area contributed by atoms with Crippen LogP contribution in [-0.4, -0.2) is 55.1 Å². The summed E-state index contributed by atoms with van der Waals surface area (Å²) in [7, 11) is 0. The van der Waals surface area contributed by atoms with E-state index in [0.29, 0.717) is 12.0 Å². The lowest BCUT2D eigenvalue weighted by molar-refractivity contribution is 0.0353. The highest BCUT2D eigenvalue weighted by Gasteiger charge is 2.53. The predicted octanol–water partition coefficient (Wildman–Crippen LogP) is 0.821. The van der Waals surface area contributed by atoms with Crippen LogP contribution in [0.4, 0.5) is 0 Å². The maximum absolute atomic E-state index is 6.70. The Morgan fingerprint density at radius 3 is 2.47 bits per heavy atom. The van der Waals surface area contributed by atoms with Gasteiger partial charge in [-0.2, -0.15) is 0 Å². The molecule has 0 aromatic heterocycles. The number of fused-ring (bicyclic) bond motifs is 1. The van der Waals surface area contributed by atoms with Gasteiger partial charge in [0, 0.05) is 56.6 Å². The summed E-state index contributed by atoms with van der Waals surface area (Å²) in [6.07, 6.45) is 0. The van der Waals surface area contributed by atoms with Gasteiger partial charge in [-0.05, 0) is 12.5 Å². The molecule has 3 atom stereocenters. The van der Waals surface area contributed by atoms with Crippen LogP contribution in [0.2, 0.25) is 0 Å². The first-order valence-corrected chi connectivity index (χ1v) is 7.45. The van der Waals surface area contributed by atoms with Gasteiger partial charge in [0.1, 0.15) is 0 Å². The maximum atomic E-state index is 6.70. The SMILES string of the molecule is Cc1cccc(C23CN4CCN(CC(C4)C2N)C3)c1. The van der Waals surface area contributed by atoms with Gasteiger partial charge in [-0.3, -0.25) is 0 Å². The van der Waals surface area contributed by atoms with Crippen LogP contribution in [0, 0.1) is 12.8 Å². The van der Waals surface area contributed by atoms with Gasteiger partial charge in [-0.1, -0.05) is 29.8 Å². The highest BCUT2D eigenvalue weighted by molar-refractivity contribution is 5.35. The highest BCUT2D eigenvalue weighted by Crippen LogP contribution is 2.42. The second-order valence-electron chi connectivity index (χ2n) is 6.78. The lowest BCUT2D eigenvalue weighted by Crippen LogP contribution is -2.69. The summed E-state index contributed by atoms with van der Waals surface area (Å²) in [5.74, 6) is 0.644. The standard InChI is InChI=1S/C16H23N3/c1-12-3-2-4-14(7-12)16-10-18-5-6-19(11-16)9-13(8-18)15(16)17/h2-4,7,13,15H,5-6,8-11,17H2,1H3. The molecule has 0 amide bonds. The van der Waals surface area contributed by atoms with Crippen molar-refractivity contribution in [1.29, 1.82) is 0 Å². The van der Waals surface area contributed by atoms with Gasteiger partial charge in [-0.25, -0.2) is 0 Å². The number of hydrogen-bond acceptors (Lipinski definition) is 3. The summed E-state index contributed by atoms with van der Waals surface area (Å²) < 4.78 is 0. The molecule has 5 rings (SSSR count). The zero-order chi connectivity index (χ0) is 13.0. The summed E-state index contributed by atoms with van der Waals surface area (Å²) in [5.41, 5.74) is 9.67. The monoisotopic (exact) mass is 257 g/mol. The van der Waals surface area contributed by atoms with E-state index in [9.17, 15) is 0 Å². The largest absolute Gasteiger partial charge is 0.326 e. The third kappa shape index (κ3) is 1.69. The Hall–Kier alpha value is -0.900. The molecule has 1 aromatic rings. The van der Waals surface area contributed by atoms with Crippen molar-refractivity contribution in [3.05, 3.63) is 35.4 Å². The second-order valence-corrected chi connectivity index (χ2v) is 6.78. The number of nitrogens with zero attached hydrogens (tertiary/aromatic N) is 2. The smallest absolute Gasteiger partial charge is 0.0362 e. The van der Waals surface area contributed by atoms with Crippen LogP contribution in [0.25, 0.3) is 0 Å². The third-order valence-corrected chi connectivity index (χ3v) is 5.47. The summed E-state index contributed by atoms with van der Waals surface area (Å²) in [5, 5.41) is 0. The molecule has 4 bridgehead atoms. The highest BCUT2D eigenvalue weighted by atomic mass is 15.3. The van der Waals surface area contributed by atoms with E-state index in [-0.39, 0.29) is 5.41 Å². The van der Waals surface area contributed by atoms with Crippen LogP contribution < -0.4 is 5.73 Å². The van der Waals surface area contributed by atoms with Gasteiger partial charge in [0.15, 0.2) is 0 Å². The van der Waals surface area contributed by atoms with Crippen LogP contribution in [-0.2, 0) is 5.41 Å². The van der Waals surface area contributed by atoms with Crippen LogP contribution in [0.1, 0.15) is 11.1 Å². The van der Waals surface area contributed by atoms with Crippen molar-refractivity contribution in [1.82, 2.24) is 9.80 Å². The van der Waals surface area contributed by atoms with Crippen molar-refractivity contribution in [2.24, 2.45) is 11.7 Å². The number of hydrogen-bond donors (Lipinski definition) is 1. The molecule has 4 saturated heterocycles. The Morgan fingerprint density at radius 2 is 1.84 bits per heavy atom. The minimum absolute atomic E-state index is 0.156. The zero-order valence-corrected chi connectivity index (χ0v) is 11.7. The van der Waals surface area contributed by atoms with Gasteiger partial charge in [-0.15, -0.1) is 0 Å². The average molecular weight is 257 g/mol. The van der Waals surface area contributed by atoms with Crippen molar-refractivity contribution in [3.63, 3.8) is 0 Å². The fourth-order valence-electron chi connectivity index (χ4n) is 4.54. The van der Waals surface area contributed by atoms with Crippen molar-refractivity contribution in [3.8, 4) is 0 Å². The molecule has 0 aliphatic carbocycles. The number of benzene rings is 1. The lowest BCUT2D eigenvalue weighted by atomic mass is 9.64. The molecule has 4 fully saturated rings. The van der Waals surface area contributed by atoms with E-state index in [1.165, 1.54) is 37.3 Å². The van der Waals surface area contributed by atoms with E-state index in [2.05, 4.69) is 41.0 Å². The van der Waals surface area contributed by atoms with Crippen molar-refractivity contribution in [2.45, 2.75) is 18.4 Å². The first kappa shape index (κ1) is 11.9. The van der Waals surface area contributed by atoms with Crippen molar-refractivity contribution < 1.29 is 0 Å². The second kappa shape index (κ2) is 4.05. The lowest BCUT2D eigenvalue weighted by Gasteiger charge is -2.54. The van der Waals surface area contributed by atoms with Crippen LogP contribution in [0.5, 0.6) is 0 Å². The molecule has 0 spiro atoms. The molecule has 4 aliphatic heterocycles. The van der Waals surface area contributed by atoms with Crippen molar-refractivity contribution >= 4 is 0 Å². The van der Waals surface area contributed by atoms with Crippen LogP contribution in [0.3, 0.4) is 0 Å². The first-order valence-electron chi connectivity index (χ1n) is 7.45. The minimum Gasteiger partial charge on any atom is -0.326 e. The normalized spacial score (nSPS) is 44.3. The number of aryl methyl sites for hydroxylation is 1. The third-order valence-electron chi connectivity index (χ3n) is 5.47. The number of piperidine rings is 2. The maximum Gasteiger partial charge on any atom is 0.0362 e. The molecule has 1 aromatic carbocycles. The quantitative estimate of drug-likeness (QED) is 0.808. The molecule has 3 nitrogen and oxygen atoms in total. The topological polar surface area (TPSA) is 32.5 Å². The van der Waals surface area contributed by atoms with E-state index in [0.717, 1.165) is 13.1 Å². The zero-order valence-electron chi connectivity index (χ0n) is 11.7. The molecular formula is C16H23N3. The fraction of sp³-hybridized carbons (Fsp3) is 0.625. The molecular weight excluding hydrogens is 234 g/mol. The van der Waals surface area contributed by atoms with Crippen LogP contribution in [0.15, 0.2) is 24.3 Å². The Bertz CT molecular complexity index is 483. The van der Waals surface area contributed by atoms with Gasteiger partial charge < -0.3 is 15.5 Å². The molecule has 0 radical (unpaired) electrons. The van der Waals surface area contributed by atoms with E-state index in [1.807, 2.05) is 0 Å². The number of rotatable bonds is 1.